The lowest BCUT2D eigenvalue weighted by molar-refractivity contribution is -0.129. The molecule has 148 valence electrons. The maximum Gasteiger partial charge on any atom is 0.222 e. The summed E-state index contributed by atoms with van der Waals surface area (Å²) in [6, 6.07) is 7.12. The highest BCUT2D eigenvalue weighted by atomic mass is 19.1. The fourth-order valence-corrected chi connectivity index (χ4v) is 4.02. The molecule has 0 radical (unpaired) electrons. The Labute approximate surface area is 161 Å². The normalized spacial score (nSPS) is 21.7. The summed E-state index contributed by atoms with van der Waals surface area (Å²) in [6.45, 7) is 6.99. The Bertz CT molecular complexity index is 669. The number of rotatable bonds is 6. The summed E-state index contributed by atoms with van der Waals surface area (Å²) in [7, 11) is 0. The Morgan fingerprint density at radius 3 is 2.63 bits per heavy atom. The number of hydrogen-bond donors (Lipinski definition) is 2. The molecule has 2 fully saturated rings. The third-order valence-corrected chi connectivity index (χ3v) is 5.84. The third kappa shape index (κ3) is 4.60. The highest BCUT2D eigenvalue weighted by Gasteiger charge is 2.38. The van der Waals surface area contributed by atoms with Gasteiger partial charge in [-0.25, -0.2) is 4.39 Å². The number of guanidine groups is 1. The Hall–Kier alpha value is -2.11. The molecule has 1 aromatic rings. The van der Waals surface area contributed by atoms with Crippen molar-refractivity contribution in [2.75, 3.05) is 26.2 Å². The van der Waals surface area contributed by atoms with E-state index in [0.717, 1.165) is 44.9 Å². The van der Waals surface area contributed by atoms with Crippen molar-refractivity contribution in [3.63, 3.8) is 0 Å². The molecular weight excluding hydrogens is 343 g/mol. The number of amides is 1. The van der Waals surface area contributed by atoms with Gasteiger partial charge in [0.1, 0.15) is 5.82 Å². The van der Waals surface area contributed by atoms with Gasteiger partial charge in [-0.15, -0.1) is 0 Å². The molecular formula is C21H31FN4O. The summed E-state index contributed by atoms with van der Waals surface area (Å²) in [5.74, 6) is 0.826. The van der Waals surface area contributed by atoms with Crippen LogP contribution in [0.5, 0.6) is 0 Å². The van der Waals surface area contributed by atoms with Crippen molar-refractivity contribution in [2.45, 2.75) is 57.4 Å². The van der Waals surface area contributed by atoms with Crippen LogP contribution in [0.3, 0.4) is 0 Å². The molecule has 3 rings (SSSR count). The molecule has 27 heavy (non-hydrogen) atoms. The standard InChI is InChI=1S/C21H31FN4O/c1-3-19(27)26-13-10-18(14-26)25-20(23-4-2)24-15-21(11-5-12-21)16-6-8-17(22)9-7-16/h6-9,18H,3-5,10-15H2,1-2H3,(H2,23,24,25). The fourth-order valence-electron chi connectivity index (χ4n) is 4.02. The van der Waals surface area contributed by atoms with Crippen molar-refractivity contribution in [1.82, 2.24) is 15.5 Å². The number of nitrogens with one attached hydrogen (secondary N) is 2. The molecule has 1 atom stereocenters. The van der Waals surface area contributed by atoms with Gasteiger partial charge in [0, 0.05) is 37.5 Å². The van der Waals surface area contributed by atoms with Crippen LogP contribution in [0, 0.1) is 5.82 Å². The first-order valence-electron chi connectivity index (χ1n) is 10.1. The molecule has 2 N–H and O–H groups in total. The van der Waals surface area contributed by atoms with Gasteiger partial charge in [0.2, 0.25) is 5.91 Å². The first-order valence-corrected chi connectivity index (χ1v) is 10.1. The maximum absolute atomic E-state index is 13.3. The van der Waals surface area contributed by atoms with Gasteiger partial charge in [-0.2, -0.15) is 0 Å². The van der Waals surface area contributed by atoms with Crippen LogP contribution in [0.1, 0.15) is 51.5 Å². The van der Waals surface area contributed by atoms with Crippen LogP contribution in [0.4, 0.5) is 4.39 Å². The molecule has 0 aromatic heterocycles. The van der Waals surface area contributed by atoms with Crippen molar-refractivity contribution in [3.05, 3.63) is 35.6 Å². The number of carbonyl (C=O) groups is 1. The minimum absolute atomic E-state index is 0.0237. The maximum atomic E-state index is 13.3. The Kier molecular flexibility index (Phi) is 6.34. The van der Waals surface area contributed by atoms with Gasteiger partial charge >= 0.3 is 0 Å². The second-order valence-electron chi connectivity index (χ2n) is 7.66. The third-order valence-electron chi connectivity index (χ3n) is 5.84. The lowest BCUT2D eigenvalue weighted by Gasteiger charge is -2.41. The van der Waals surface area contributed by atoms with Gasteiger partial charge in [0.15, 0.2) is 5.96 Å². The SMILES string of the molecule is CCNC(=NCC1(c2ccc(F)cc2)CCC1)NC1CCN(C(=O)CC)C1. The Balaban J connectivity index is 1.65. The van der Waals surface area contributed by atoms with E-state index < -0.39 is 0 Å². The molecule has 1 saturated heterocycles. The molecule has 0 bridgehead atoms. The van der Waals surface area contributed by atoms with Crippen molar-refractivity contribution in [3.8, 4) is 0 Å². The number of benzene rings is 1. The van der Waals surface area contributed by atoms with Gasteiger partial charge in [0.05, 0.1) is 6.54 Å². The molecule has 1 aromatic carbocycles. The first kappa shape index (κ1) is 19.6. The van der Waals surface area contributed by atoms with Crippen molar-refractivity contribution < 1.29 is 9.18 Å². The predicted octanol–water partition coefficient (Wildman–Crippen LogP) is 2.81. The second-order valence-corrected chi connectivity index (χ2v) is 7.66. The molecule has 6 heteroatoms. The molecule has 1 unspecified atom stereocenters. The quantitative estimate of drug-likeness (QED) is 0.595. The number of likely N-dealkylation sites (tertiary alicyclic amines) is 1. The summed E-state index contributed by atoms with van der Waals surface area (Å²) in [4.78, 5) is 18.7. The van der Waals surface area contributed by atoms with Crippen molar-refractivity contribution in [1.29, 1.82) is 0 Å². The molecule has 1 aliphatic carbocycles. The fraction of sp³-hybridized carbons (Fsp3) is 0.619. The predicted molar refractivity (Wildman–Crippen MR) is 106 cm³/mol. The van der Waals surface area contributed by atoms with E-state index in [0.29, 0.717) is 13.0 Å². The Morgan fingerprint density at radius 2 is 2.04 bits per heavy atom. The van der Waals surface area contributed by atoms with E-state index in [1.165, 1.54) is 12.0 Å². The summed E-state index contributed by atoms with van der Waals surface area (Å²) >= 11 is 0. The smallest absolute Gasteiger partial charge is 0.222 e. The van der Waals surface area contributed by atoms with E-state index in [2.05, 4.69) is 17.6 Å². The molecule has 1 saturated carbocycles. The zero-order valence-electron chi connectivity index (χ0n) is 16.4. The average molecular weight is 375 g/mol. The minimum Gasteiger partial charge on any atom is -0.357 e. The van der Waals surface area contributed by atoms with Crippen LogP contribution in [0.25, 0.3) is 0 Å². The van der Waals surface area contributed by atoms with Crippen LogP contribution < -0.4 is 10.6 Å². The van der Waals surface area contributed by atoms with E-state index >= 15 is 0 Å². The van der Waals surface area contributed by atoms with E-state index in [4.69, 9.17) is 4.99 Å². The van der Waals surface area contributed by atoms with Crippen LogP contribution in [-0.2, 0) is 10.2 Å². The molecule has 1 amide bonds. The van der Waals surface area contributed by atoms with E-state index in [9.17, 15) is 9.18 Å². The monoisotopic (exact) mass is 374 g/mol. The number of carbonyl (C=O) groups excluding carboxylic acids is 1. The minimum atomic E-state index is -0.195. The average Bonchev–Trinajstić information content (AvgIpc) is 3.10. The topological polar surface area (TPSA) is 56.7 Å². The van der Waals surface area contributed by atoms with Crippen LogP contribution >= 0.6 is 0 Å². The zero-order chi connectivity index (χ0) is 19.3. The number of nitrogens with zero attached hydrogens (tertiary/aromatic N) is 2. The lowest BCUT2D eigenvalue weighted by atomic mass is 9.64. The summed E-state index contributed by atoms with van der Waals surface area (Å²) in [5.41, 5.74) is 1.20. The molecule has 5 nitrogen and oxygen atoms in total. The molecule has 0 spiro atoms. The second kappa shape index (κ2) is 8.72. The highest BCUT2D eigenvalue weighted by Crippen LogP contribution is 2.44. The van der Waals surface area contributed by atoms with Gasteiger partial charge in [-0.1, -0.05) is 25.5 Å². The summed E-state index contributed by atoms with van der Waals surface area (Å²) in [6.07, 6.45) is 4.86. The molecule has 2 aliphatic rings. The Morgan fingerprint density at radius 1 is 1.30 bits per heavy atom. The van der Waals surface area contributed by atoms with E-state index in [-0.39, 0.29) is 23.2 Å². The van der Waals surface area contributed by atoms with Gasteiger partial charge in [-0.3, -0.25) is 9.79 Å². The van der Waals surface area contributed by atoms with Gasteiger partial charge < -0.3 is 15.5 Å². The van der Waals surface area contributed by atoms with Gasteiger partial charge in [0.25, 0.3) is 0 Å². The highest BCUT2D eigenvalue weighted by molar-refractivity contribution is 5.80. The van der Waals surface area contributed by atoms with E-state index in [1.807, 2.05) is 24.0 Å². The van der Waals surface area contributed by atoms with Gasteiger partial charge in [-0.05, 0) is 43.9 Å². The summed E-state index contributed by atoms with van der Waals surface area (Å²) in [5, 5.41) is 6.82. The van der Waals surface area contributed by atoms with Crippen LogP contribution in [-0.4, -0.2) is 49.0 Å². The van der Waals surface area contributed by atoms with Crippen LogP contribution in [0.15, 0.2) is 29.3 Å². The molecule has 1 aliphatic heterocycles. The first-order chi connectivity index (χ1) is 13.1. The number of hydrogen-bond acceptors (Lipinski definition) is 2. The zero-order valence-corrected chi connectivity index (χ0v) is 16.4. The summed E-state index contributed by atoms with van der Waals surface area (Å²) < 4.78 is 13.3. The lowest BCUT2D eigenvalue weighted by Crippen LogP contribution is -2.46. The number of halogens is 1. The van der Waals surface area contributed by atoms with Crippen molar-refractivity contribution >= 4 is 11.9 Å². The van der Waals surface area contributed by atoms with Crippen molar-refractivity contribution in [2.24, 2.45) is 4.99 Å². The van der Waals surface area contributed by atoms with E-state index in [1.54, 1.807) is 12.1 Å². The molecule has 1 heterocycles. The largest absolute Gasteiger partial charge is 0.357 e. The van der Waals surface area contributed by atoms with Crippen LogP contribution in [0.2, 0.25) is 0 Å². The number of aliphatic imine (C=N–C) groups is 1.